The smallest absolute Gasteiger partial charge is 0.162 e. The van der Waals surface area contributed by atoms with Crippen molar-refractivity contribution in [1.82, 2.24) is 5.32 Å². The van der Waals surface area contributed by atoms with Gasteiger partial charge in [0.2, 0.25) is 0 Å². The highest BCUT2D eigenvalue weighted by Gasteiger charge is 2.28. The molecule has 1 heterocycles. The van der Waals surface area contributed by atoms with Crippen LogP contribution in [0, 0.1) is 0 Å². The van der Waals surface area contributed by atoms with Crippen LogP contribution in [-0.2, 0) is 4.74 Å². The Kier molecular flexibility index (Phi) is 4.93. The largest absolute Gasteiger partial charge is 0.493 e. The van der Waals surface area contributed by atoms with E-state index in [2.05, 4.69) is 17.4 Å². The summed E-state index contributed by atoms with van der Waals surface area (Å²) in [4.78, 5) is 0. The number of nitrogens with one attached hydrogen (secondary N) is 1. The molecule has 22 heavy (non-hydrogen) atoms. The molecule has 2 aromatic rings. The Balaban J connectivity index is 1.88. The first kappa shape index (κ1) is 14.9. The van der Waals surface area contributed by atoms with Crippen molar-refractivity contribution >= 4 is 0 Å². The van der Waals surface area contributed by atoms with E-state index in [1.54, 1.807) is 7.11 Å². The minimum Gasteiger partial charge on any atom is -0.493 e. The highest BCUT2D eigenvalue weighted by atomic mass is 16.6. The summed E-state index contributed by atoms with van der Waals surface area (Å²) >= 11 is 0. The van der Waals surface area contributed by atoms with Gasteiger partial charge in [-0.1, -0.05) is 42.5 Å². The third-order valence-corrected chi connectivity index (χ3v) is 3.75. The summed E-state index contributed by atoms with van der Waals surface area (Å²) in [6.07, 6.45) is -0.202. The molecule has 4 heteroatoms. The van der Waals surface area contributed by atoms with Crippen molar-refractivity contribution in [3.63, 3.8) is 0 Å². The van der Waals surface area contributed by atoms with Crippen LogP contribution in [0.3, 0.4) is 0 Å². The Morgan fingerprint density at radius 1 is 1.05 bits per heavy atom. The SMILES string of the molecule is COc1ccccc1OC(c1ccccc1)C1CNCCO1. The number of para-hydroxylation sites is 2. The van der Waals surface area contributed by atoms with Crippen LogP contribution >= 0.6 is 0 Å². The maximum absolute atomic E-state index is 6.27. The van der Waals surface area contributed by atoms with Gasteiger partial charge in [-0.15, -0.1) is 0 Å². The first-order chi connectivity index (χ1) is 10.9. The Labute approximate surface area is 131 Å². The third kappa shape index (κ3) is 3.40. The fourth-order valence-electron chi connectivity index (χ4n) is 2.63. The Hall–Kier alpha value is -2.04. The summed E-state index contributed by atoms with van der Waals surface area (Å²) in [6, 6.07) is 17.9. The van der Waals surface area contributed by atoms with E-state index in [9.17, 15) is 0 Å². The van der Waals surface area contributed by atoms with E-state index in [4.69, 9.17) is 14.2 Å². The maximum atomic E-state index is 6.27. The van der Waals surface area contributed by atoms with Crippen molar-refractivity contribution in [2.75, 3.05) is 26.8 Å². The zero-order valence-electron chi connectivity index (χ0n) is 12.7. The lowest BCUT2D eigenvalue weighted by Gasteiger charge is -2.32. The van der Waals surface area contributed by atoms with Gasteiger partial charge in [0.1, 0.15) is 6.10 Å². The second-order valence-corrected chi connectivity index (χ2v) is 5.21. The van der Waals surface area contributed by atoms with Gasteiger partial charge in [-0.2, -0.15) is 0 Å². The van der Waals surface area contributed by atoms with Gasteiger partial charge >= 0.3 is 0 Å². The van der Waals surface area contributed by atoms with E-state index in [1.165, 1.54) is 0 Å². The van der Waals surface area contributed by atoms with Crippen molar-refractivity contribution in [3.8, 4) is 11.5 Å². The molecule has 4 nitrogen and oxygen atoms in total. The summed E-state index contributed by atoms with van der Waals surface area (Å²) < 4.78 is 17.6. The Bertz CT molecular complexity index is 582. The molecule has 116 valence electrons. The second kappa shape index (κ2) is 7.29. The molecule has 0 spiro atoms. The average Bonchev–Trinajstić information content (AvgIpc) is 2.61. The molecule has 0 amide bonds. The van der Waals surface area contributed by atoms with Crippen LogP contribution in [0.5, 0.6) is 11.5 Å². The molecule has 0 aromatic heterocycles. The highest BCUT2D eigenvalue weighted by molar-refractivity contribution is 5.40. The zero-order valence-corrected chi connectivity index (χ0v) is 12.7. The summed E-state index contributed by atoms with van der Waals surface area (Å²) in [5.74, 6) is 1.46. The van der Waals surface area contributed by atoms with E-state index < -0.39 is 0 Å². The topological polar surface area (TPSA) is 39.7 Å². The minimum absolute atomic E-state index is 0.0268. The van der Waals surface area contributed by atoms with Gasteiger partial charge in [0, 0.05) is 13.1 Å². The number of hydrogen-bond donors (Lipinski definition) is 1. The van der Waals surface area contributed by atoms with Crippen LogP contribution in [0.2, 0.25) is 0 Å². The Morgan fingerprint density at radius 3 is 2.45 bits per heavy atom. The van der Waals surface area contributed by atoms with Crippen molar-refractivity contribution in [1.29, 1.82) is 0 Å². The van der Waals surface area contributed by atoms with E-state index in [0.717, 1.165) is 30.2 Å². The lowest BCUT2D eigenvalue weighted by molar-refractivity contribution is -0.0438. The zero-order chi connectivity index (χ0) is 15.2. The number of benzene rings is 2. The standard InChI is InChI=1S/C18H21NO3/c1-20-15-9-5-6-10-16(15)22-18(14-7-3-2-4-8-14)17-13-19-11-12-21-17/h2-10,17-19H,11-13H2,1H3. The van der Waals surface area contributed by atoms with Gasteiger partial charge in [-0.25, -0.2) is 0 Å². The quantitative estimate of drug-likeness (QED) is 0.921. The number of ether oxygens (including phenoxy) is 3. The Morgan fingerprint density at radius 2 is 1.77 bits per heavy atom. The molecule has 2 atom stereocenters. The maximum Gasteiger partial charge on any atom is 0.162 e. The molecule has 1 saturated heterocycles. The van der Waals surface area contributed by atoms with Crippen LogP contribution in [-0.4, -0.2) is 32.9 Å². The number of hydrogen-bond acceptors (Lipinski definition) is 4. The first-order valence-corrected chi connectivity index (χ1v) is 7.55. The summed E-state index contributed by atoms with van der Waals surface area (Å²) in [5, 5.41) is 3.36. The van der Waals surface area contributed by atoms with E-state index in [-0.39, 0.29) is 12.2 Å². The first-order valence-electron chi connectivity index (χ1n) is 7.55. The minimum atomic E-state index is -0.176. The number of morpholine rings is 1. The van der Waals surface area contributed by atoms with Crippen LogP contribution in [0.15, 0.2) is 54.6 Å². The molecular formula is C18H21NO3. The van der Waals surface area contributed by atoms with Crippen LogP contribution < -0.4 is 14.8 Å². The van der Waals surface area contributed by atoms with Gasteiger partial charge < -0.3 is 19.5 Å². The average molecular weight is 299 g/mol. The monoisotopic (exact) mass is 299 g/mol. The van der Waals surface area contributed by atoms with Gasteiger partial charge in [-0.3, -0.25) is 0 Å². The molecule has 1 aliphatic heterocycles. The fourth-order valence-corrected chi connectivity index (χ4v) is 2.63. The third-order valence-electron chi connectivity index (χ3n) is 3.75. The summed E-state index contributed by atoms with van der Waals surface area (Å²) in [6.45, 7) is 2.35. The van der Waals surface area contributed by atoms with Gasteiger partial charge in [-0.05, 0) is 17.7 Å². The van der Waals surface area contributed by atoms with Gasteiger partial charge in [0.15, 0.2) is 17.6 Å². The van der Waals surface area contributed by atoms with Crippen molar-refractivity contribution < 1.29 is 14.2 Å². The molecule has 0 aliphatic carbocycles. The van der Waals surface area contributed by atoms with Crippen molar-refractivity contribution in [2.45, 2.75) is 12.2 Å². The lowest BCUT2D eigenvalue weighted by Crippen LogP contribution is -2.43. The molecule has 1 aliphatic rings. The van der Waals surface area contributed by atoms with Crippen LogP contribution in [0.25, 0.3) is 0 Å². The molecular weight excluding hydrogens is 278 g/mol. The van der Waals surface area contributed by atoms with E-state index >= 15 is 0 Å². The van der Waals surface area contributed by atoms with E-state index in [1.807, 2.05) is 42.5 Å². The lowest BCUT2D eigenvalue weighted by atomic mass is 10.0. The number of rotatable bonds is 5. The van der Waals surface area contributed by atoms with Crippen LogP contribution in [0.1, 0.15) is 11.7 Å². The molecule has 1 fully saturated rings. The fraction of sp³-hybridized carbons (Fsp3) is 0.333. The summed E-state index contributed by atoms with van der Waals surface area (Å²) in [7, 11) is 1.65. The highest BCUT2D eigenvalue weighted by Crippen LogP contribution is 2.33. The van der Waals surface area contributed by atoms with Crippen LogP contribution in [0.4, 0.5) is 0 Å². The molecule has 2 aromatic carbocycles. The van der Waals surface area contributed by atoms with Gasteiger partial charge in [0.25, 0.3) is 0 Å². The van der Waals surface area contributed by atoms with Crippen molar-refractivity contribution in [2.24, 2.45) is 0 Å². The molecule has 0 radical (unpaired) electrons. The number of methoxy groups -OCH3 is 1. The normalized spacial score (nSPS) is 19.4. The predicted molar refractivity (Wildman–Crippen MR) is 85.4 cm³/mol. The predicted octanol–water partition coefficient (Wildman–Crippen LogP) is 2.80. The molecule has 3 rings (SSSR count). The summed E-state index contributed by atoms with van der Waals surface area (Å²) in [5.41, 5.74) is 1.10. The van der Waals surface area contributed by atoms with Crippen molar-refractivity contribution in [3.05, 3.63) is 60.2 Å². The molecule has 2 unspecified atom stereocenters. The molecule has 0 saturated carbocycles. The van der Waals surface area contributed by atoms with Gasteiger partial charge in [0.05, 0.1) is 13.7 Å². The van der Waals surface area contributed by atoms with E-state index in [0.29, 0.717) is 6.61 Å². The molecule has 1 N–H and O–H groups in total. The second-order valence-electron chi connectivity index (χ2n) is 5.21. The molecule has 0 bridgehead atoms.